The highest BCUT2D eigenvalue weighted by atomic mass is 79.9. The van der Waals surface area contributed by atoms with Crippen molar-refractivity contribution >= 4 is 39.8 Å². The van der Waals surface area contributed by atoms with Gasteiger partial charge in [-0.25, -0.2) is 5.43 Å². The van der Waals surface area contributed by atoms with E-state index < -0.39 is 0 Å². The van der Waals surface area contributed by atoms with Gasteiger partial charge in [0.1, 0.15) is 0 Å². The average molecular weight is 456 g/mol. The predicted octanol–water partition coefficient (Wildman–Crippen LogP) is 5.49. The normalized spacial score (nSPS) is 11.1. The number of carbonyl (C=O) groups excluding carboxylic acids is 1. The van der Waals surface area contributed by atoms with Crippen LogP contribution in [-0.4, -0.2) is 22.4 Å². The number of amides is 1. The van der Waals surface area contributed by atoms with Crippen LogP contribution in [0.15, 0.2) is 75.1 Å². The molecule has 0 saturated carbocycles. The molecule has 2 aromatic carbocycles. The Labute approximate surface area is 178 Å². The second kappa shape index (κ2) is 9.75. The quantitative estimate of drug-likeness (QED) is 0.290. The van der Waals surface area contributed by atoms with E-state index in [-0.39, 0.29) is 5.91 Å². The molecule has 0 bridgehead atoms. The van der Waals surface area contributed by atoms with E-state index in [0.717, 1.165) is 32.9 Å². The van der Waals surface area contributed by atoms with E-state index in [2.05, 4.69) is 63.1 Å². The van der Waals surface area contributed by atoms with Crippen molar-refractivity contribution in [1.82, 2.24) is 9.99 Å². The standard InChI is InChI=1S/C22H22BrN3OS/c1-16-14-18(17(2)26(16)20-10-8-19(23)9-11-20)15-24-25-22(27)12-13-28-21-6-4-3-5-7-21/h3-11,14-15H,12-13H2,1-2H3,(H,25,27)/b24-15+. The number of rotatable bonds is 7. The van der Waals surface area contributed by atoms with Gasteiger partial charge in [0, 0.05) is 44.2 Å². The minimum Gasteiger partial charge on any atom is -0.318 e. The van der Waals surface area contributed by atoms with E-state index in [1.165, 1.54) is 4.90 Å². The number of aromatic nitrogens is 1. The highest BCUT2D eigenvalue weighted by Crippen LogP contribution is 2.21. The molecule has 0 fully saturated rings. The molecule has 1 amide bonds. The smallest absolute Gasteiger partial charge is 0.240 e. The van der Waals surface area contributed by atoms with Gasteiger partial charge < -0.3 is 4.57 Å². The van der Waals surface area contributed by atoms with Gasteiger partial charge in [-0.3, -0.25) is 4.79 Å². The summed E-state index contributed by atoms with van der Waals surface area (Å²) in [5.41, 5.74) is 6.90. The van der Waals surface area contributed by atoms with E-state index in [1.54, 1.807) is 18.0 Å². The lowest BCUT2D eigenvalue weighted by Crippen LogP contribution is -2.17. The van der Waals surface area contributed by atoms with Gasteiger partial charge in [-0.2, -0.15) is 5.10 Å². The molecular weight excluding hydrogens is 434 g/mol. The van der Waals surface area contributed by atoms with Crippen LogP contribution in [0.1, 0.15) is 23.4 Å². The zero-order valence-electron chi connectivity index (χ0n) is 15.9. The molecule has 3 rings (SSSR count). The van der Waals surface area contributed by atoms with Gasteiger partial charge >= 0.3 is 0 Å². The summed E-state index contributed by atoms with van der Waals surface area (Å²) in [4.78, 5) is 13.2. The molecule has 0 radical (unpaired) electrons. The maximum absolute atomic E-state index is 12.0. The molecule has 144 valence electrons. The molecule has 0 aliphatic heterocycles. The van der Waals surface area contributed by atoms with Gasteiger partial charge in [-0.1, -0.05) is 34.1 Å². The fourth-order valence-electron chi connectivity index (χ4n) is 2.91. The minimum absolute atomic E-state index is 0.0820. The Morgan fingerprint density at radius 3 is 2.57 bits per heavy atom. The van der Waals surface area contributed by atoms with E-state index in [4.69, 9.17) is 0 Å². The summed E-state index contributed by atoms with van der Waals surface area (Å²) in [7, 11) is 0. The first-order chi connectivity index (χ1) is 13.5. The summed E-state index contributed by atoms with van der Waals surface area (Å²) < 4.78 is 3.22. The molecule has 1 aromatic heterocycles. The van der Waals surface area contributed by atoms with E-state index in [1.807, 2.05) is 42.5 Å². The lowest BCUT2D eigenvalue weighted by atomic mass is 10.2. The SMILES string of the molecule is Cc1cc(/C=N/NC(=O)CCSc2ccccc2)c(C)n1-c1ccc(Br)cc1. The second-order valence-corrected chi connectivity index (χ2v) is 8.43. The molecule has 1 N–H and O–H groups in total. The van der Waals surface area contributed by atoms with Crippen molar-refractivity contribution in [3.05, 3.63) is 82.1 Å². The van der Waals surface area contributed by atoms with Crippen LogP contribution >= 0.6 is 27.7 Å². The van der Waals surface area contributed by atoms with Crippen LogP contribution in [0.25, 0.3) is 5.69 Å². The Bertz CT molecular complexity index is 965. The first-order valence-electron chi connectivity index (χ1n) is 8.99. The van der Waals surface area contributed by atoms with Crippen LogP contribution < -0.4 is 5.43 Å². The first kappa shape index (κ1) is 20.4. The van der Waals surface area contributed by atoms with Crippen LogP contribution in [0.3, 0.4) is 0 Å². The number of nitrogens with zero attached hydrogens (tertiary/aromatic N) is 2. The topological polar surface area (TPSA) is 46.4 Å². The number of hydrogen-bond acceptors (Lipinski definition) is 3. The van der Waals surface area contributed by atoms with Gasteiger partial charge in [-0.05, 0) is 56.3 Å². The zero-order chi connectivity index (χ0) is 19.9. The fourth-order valence-corrected chi connectivity index (χ4v) is 4.05. The van der Waals surface area contributed by atoms with Crippen molar-refractivity contribution in [1.29, 1.82) is 0 Å². The van der Waals surface area contributed by atoms with Crippen molar-refractivity contribution in [2.24, 2.45) is 5.10 Å². The van der Waals surface area contributed by atoms with E-state index in [9.17, 15) is 4.79 Å². The summed E-state index contributed by atoms with van der Waals surface area (Å²) in [6.07, 6.45) is 2.13. The maximum atomic E-state index is 12.0. The Morgan fingerprint density at radius 2 is 1.86 bits per heavy atom. The fraction of sp³-hybridized carbons (Fsp3) is 0.182. The third-order valence-corrected chi connectivity index (χ3v) is 5.83. The Hall–Kier alpha value is -2.31. The monoisotopic (exact) mass is 455 g/mol. The number of carbonyl (C=O) groups is 1. The molecular formula is C22H22BrN3OS. The second-order valence-electron chi connectivity index (χ2n) is 6.34. The maximum Gasteiger partial charge on any atom is 0.240 e. The molecule has 0 atom stereocenters. The molecule has 0 unspecified atom stereocenters. The first-order valence-corrected chi connectivity index (χ1v) is 10.8. The summed E-state index contributed by atoms with van der Waals surface area (Å²) >= 11 is 5.13. The number of benzene rings is 2. The Kier molecular flexibility index (Phi) is 7.12. The molecule has 0 aliphatic rings. The summed E-state index contributed by atoms with van der Waals surface area (Å²) in [5, 5.41) is 4.14. The number of aryl methyl sites for hydroxylation is 1. The molecule has 0 spiro atoms. The summed E-state index contributed by atoms with van der Waals surface area (Å²) in [6, 6.07) is 20.3. The molecule has 4 nitrogen and oxygen atoms in total. The van der Waals surface area contributed by atoms with Crippen molar-refractivity contribution < 1.29 is 4.79 Å². The average Bonchev–Trinajstić information content (AvgIpc) is 2.97. The van der Waals surface area contributed by atoms with Crippen LogP contribution in [0.4, 0.5) is 0 Å². The summed E-state index contributed by atoms with van der Waals surface area (Å²) in [5.74, 6) is 0.644. The highest BCUT2D eigenvalue weighted by molar-refractivity contribution is 9.10. The minimum atomic E-state index is -0.0820. The third kappa shape index (κ3) is 5.36. The van der Waals surface area contributed by atoms with Crippen LogP contribution in [0.2, 0.25) is 0 Å². The molecule has 0 aliphatic carbocycles. The van der Waals surface area contributed by atoms with Crippen molar-refractivity contribution in [2.75, 3.05) is 5.75 Å². The summed E-state index contributed by atoms with van der Waals surface area (Å²) in [6.45, 7) is 4.11. The largest absolute Gasteiger partial charge is 0.318 e. The van der Waals surface area contributed by atoms with Crippen molar-refractivity contribution in [3.63, 3.8) is 0 Å². The Balaban J connectivity index is 1.56. The number of thioether (sulfide) groups is 1. The molecule has 6 heteroatoms. The molecule has 28 heavy (non-hydrogen) atoms. The van der Waals surface area contributed by atoms with Gasteiger partial charge in [0.05, 0.1) is 6.21 Å². The third-order valence-electron chi connectivity index (χ3n) is 4.29. The van der Waals surface area contributed by atoms with E-state index in [0.29, 0.717) is 6.42 Å². The van der Waals surface area contributed by atoms with Crippen LogP contribution in [0.5, 0.6) is 0 Å². The lowest BCUT2D eigenvalue weighted by Gasteiger charge is -2.09. The highest BCUT2D eigenvalue weighted by Gasteiger charge is 2.09. The zero-order valence-corrected chi connectivity index (χ0v) is 18.3. The van der Waals surface area contributed by atoms with Gasteiger partial charge in [0.2, 0.25) is 5.91 Å². The van der Waals surface area contributed by atoms with Crippen molar-refractivity contribution in [3.8, 4) is 5.69 Å². The number of hydrogen-bond donors (Lipinski definition) is 1. The van der Waals surface area contributed by atoms with Gasteiger partial charge in [0.25, 0.3) is 0 Å². The van der Waals surface area contributed by atoms with E-state index >= 15 is 0 Å². The predicted molar refractivity (Wildman–Crippen MR) is 120 cm³/mol. The molecule has 1 heterocycles. The molecule has 0 saturated heterocycles. The number of hydrazone groups is 1. The number of halogens is 1. The van der Waals surface area contributed by atoms with Gasteiger partial charge in [-0.15, -0.1) is 11.8 Å². The molecule has 3 aromatic rings. The van der Waals surface area contributed by atoms with Crippen LogP contribution in [-0.2, 0) is 4.79 Å². The van der Waals surface area contributed by atoms with Gasteiger partial charge in [0.15, 0.2) is 0 Å². The lowest BCUT2D eigenvalue weighted by molar-refractivity contribution is -0.120. The van der Waals surface area contributed by atoms with Crippen LogP contribution in [0, 0.1) is 13.8 Å². The Morgan fingerprint density at radius 1 is 1.14 bits per heavy atom. The van der Waals surface area contributed by atoms with Crippen molar-refractivity contribution in [2.45, 2.75) is 25.2 Å². The number of nitrogens with one attached hydrogen (secondary N) is 1.